The van der Waals surface area contributed by atoms with Crippen LogP contribution in [0.2, 0.25) is 0 Å². The second kappa shape index (κ2) is 6.85. The number of nitrogens with two attached hydrogens (primary N) is 1. The fraction of sp³-hybridized carbons (Fsp3) is 0.333. The first-order valence-electron chi connectivity index (χ1n) is 5.58. The van der Waals surface area contributed by atoms with Crippen molar-refractivity contribution in [3.05, 3.63) is 29.8 Å². The summed E-state index contributed by atoms with van der Waals surface area (Å²) in [4.78, 5) is 11.0. The van der Waals surface area contributed by atoms with Gasteiger partial charge in [0.15, 0.2) is 5.11 Å². The van der Waals surface area contributed by atoms with Crippen molar-refractivity contribution in [1.29, 1.82) is 0 Å². The normalized spacial score (nSPS) is 9.71. The number of thiocarbonyl (C=S) groups is 1. The van der Waals surface area contributed by atoms with Gasteiger partial charge in [-0.05, 0) is 36.8 Å². The van der Waals surface area contributed by atoms with Gasteiger partial charge in [-0.3, -0.25) is 4.79 Å². The van der Waals surface area contributed by atoms with Crippen molar-refractivity contribution < 1.29 is 4.79 Å². The molecule has 0 aliphatic carbocycles. The Morgan fingerprint density at radius 3 is 2.88 bits per heavy atom. The second-order valence-corrected chi connectivity index (χ2v) is 4.09. The van der Waals surface area contributed by atoms with Crippen LogP contribution in [0.1, 0.15) is 30.1 Å². The number of benzene rings is 1. The highest BCUT2D eigenvalue weighted by molar-refractivity contribution is 7.80. The van der Waals surface area contributed by atoms with Crippen LogP contribution in [0.4, 0.5) is 5.69 Å². The molecule has 0 saturated heterocycles. The first-order valence-corrected chi connectivity index (χ1v) is 5.99. The Morgan fingerprint density at radius 1 is 1.47 bits per heavy atom. The summed E-state index contributed by atoms with van der Waals surface area (Å²) >= 11 is 5.12. The molecule has 0 fully saturated rings. The number of carbonyl (C=O) groups is 1. The Labute approximate surface area is 107 Å². The van der Waals surface area contributed by atoms with Gasteiger partial charge in [-0.25, -0.2) is 0 Å². The summed E-state index contributed by atoms with van der Waals surface area (Å²) in [5.41, 5.74) is 6.42. The molecule has 1 amide bonds. The van der Waals surface area contributed by atoms with Crippen LogP contribution in [-0.4, -0.2) is 17.6 Å². The van der Waals surface area contributed by atoms with E-state index in [-0.39, 0.29) is 0 Å². The van der Waals surface area contributed by atoms with Crippen LogP contribution >= 0.6 is 12.2 Å². The topological polar surface area (TPSA) is 67.2 Å². The van der Waals surface area contributed by atoms with Crippen LogP contribution in [0.5, 0.6) is 0 Å². The molecule has 0 atom stereocenters. The zero-order valence-corrected chi connectivity index (χ0v) is 10.6. The number of unbranched alkanes of at least 4 members (excludes halogenated alkanes) is 1. The molecule has 0 unspecified atom stereocenters. The fourth-order valence-corrected chi connectivity index (χ4v) is 1.52. The molecule has 1 aromatic rings. The van der Waals surface area contributed by atoms with Crippen molar-refractivity contribution in [2.75, 3.05) is 11.9 Å². The van der Waals surface area contributed by atoms with E-state index in [1.807, 2.05) is 6.07 Å². The van der Waals surface area contributed by atoms with Crippen LogP contribution in [0.3, 0.4) is 0 Å². The summed E-state index contributed by atoms with van der Waals surface area (Å²) < 4.78 is 0. The molecular weight excluding hydrogens is 234 g/mol. The number of nitrogens with one attached hydrogen (secondary N) is 2. The van der Waals surface area contributed by atoms with Gasteiger partial charge in [-0.2, -0.15) is 0 Å². The van der Waals surface area contributed by atoms with E-state index in [9.17, 15) is 4.79 Å². The summed E-state index contributed by atoms with van der Waals surface area (Å²) in [7, 11) is 0. The standard InChI is InChI=1S/C12H17N3OS/c1-2-3-7-14-12(17)15-10-6-4-5-9(8-10)11(13)16/h4-6,8H,2-3,7H2,1H3,(H2,13,16)(H2,14,15,17). The van der Waals surface area contributed by atoms with Gasteiger partial charge in [0, 0.05) is 17.8 Å². The van der Waals surface area contributed by atoms with Gasteiger partial charge in [0.1, 0.15) is 0 Å². The summed E-state index contributed by atoms with van der Waals surface area (Å²) in [6.07, 6.45) is 2.19. The molecule has 0 aromatic heterocycles. The highest BCUT2D eigenvalue weighted by atomic mass is 32.1. The highest BCUT2D eigenvalue weighted by Crippen LogP contribution is 2.09. The Balaban J connectivity index is 2.53. The Hall–Kier alpha value is -1.62. The van der Waals surface area contributed by atoms with Crippen LogP contribution in [0.25, 0.3) is 0 Å². The van der Waals surface area contributed by atoms with Crippen LogP contribution in [-0.2, 0) is 0 Å². The molecule has 0 saturated carbocycles. The highest BCUT2D eigenvalue weighted by Gasteiger charge is 2.02. The molecule has 4 N–H and O–H groups in total. The number of amides is 1. The molecule has 0 aliphatic heterocycles. The van der Waals surface area contributed by atoms with Crippen LogP contribution in [0, 0.1) is 0 Å². The number of hydrogen-bond donors (Lipinski definition) is 3. The average molecular weight is 251 g/mol. The molecule has 1 rings (SSSR count). The lowest BCUT2D eigenvalue weighted by Gasteiger charge is -2.10. The van der Waals surface area contributed by atoms with E-state index in [1.165, 1.54) is 0 Å². The summed E-state index contributed by atoms with van der Waals surface area (Å²) in [6, 6.07) is 6.94. The van der Waals surface area contributed by atoms with Gasteiger partial charge in [-0.15, -0.1) is 0 Å². The second-order valence-electron chi connectivity index (χ2n) is 3.68. The van der Waals surface area contributed by atoms with Gasteiger partial charge < -0.3 is 16.4 Å². The molecule has 1 aromatic carbocycles. The SMILES string of the molecule is CCCCNC(=S)Nc1cccc(C(N)=O)c1. The molecule has 92 valence electrons. The Morgan fingerprint density at radius 2 is 2.24 bits per heavy atom. The molecule has 0 spiro atoms. The van der Waals surface area contributed by atoms with Crippen LogP contribution < -0.4 is 16.4 Å². The third-order valence-electron chi connectivity index (χ3n) is 2.22. The quantitative estimate of drug-likeness (QED) is 0.552. The minimum absolute atomic E-state index is 0.446. The van der Waals surface area contributed by atoms with Gasteiger partial charge >= 0.3 is 0 Å². The van der Waals surface area contributed by atoms with Crippen molar-refractivity contribution in [2.24, 2.45) is 5.73 Å². The number of rotatable bonds is 5. The Kier molecular flexibility index (Phi) is 5.42. The maximum Gasteiger partial charge on any atom is 0.248 e. The van der Waals surface area contributed by atoms with Crippen molar-refractivity contribution in [3.8, 4) is 0 Å². The lowest BCUT2D eigenvalue weighted by atomic mass is 10.2. The molecular formula is C12H17N3OS. The first kappa shape index (κ1) is 13.4. The molecule has 5 heteroatoms. The number of hydrogen-bond acceptors (Lipinski definition) is 2. The molecule has 0 heterocycles. The first-order chi connectivity index (χ1) is 8.13. The van der Waals surface area contributed by atoms with Crippen molar-refractivity contribution in [3.63, 3.8) is 0 Å². The molecule has 17 heavy (non-hydrogen) atoms. The summed E-state index contributed by atoms with van der Waals surface area (Å²) in [6.45, 7) is 2.96. The lowest BCUT2D eigenvalue weighted by Crippen LogP contribution is -2.29. The van der Waals surface area contributed by atoms with Gasteiger partial charge in [-0.1, -0.05) is 19.4 Å². The van der Waals surface area contributed by atoms with E-state index >= 15 is 0 Å². The number of primary amides is 1. The maximum absolute atomic E-state index is 11.0. The third kappa shape index (κ3) is 4.82. The largest absolute Gasteiger partial charge is 0.366 e. The Bertz CT molecular complexity index is 406. The minimum atomic E-state index is -0.446. The van der Waals surface area contributed by atoms with Gasteiger partial charge in [0.25, 0.3) is 0 Å². The van der Waals surface area contributed by atoms with Gasteiger partial charge in [0.2, 0.25) is 5.91 Å². The molecule has 0 bridgehead atoms. The van der Waals surface area contributed by atoms with Crippen molar-refractivity contribution in [2.45, 2.75) is 19.8 Å². The smallest absolute Gasteiger partial charge is 0.248 e. The van der Waals surface area contributed by atoms with Crippen molar-refractivity contribution in [1.82, 2.24) is 5.32 Å². The predicted molar refractivity (Wildman–Crippen MR) is 74.1 cm³/mol. The van der Waals surface area contributed by atoms with E-state index in [4.69, 9.17) is 18.0 Å². The zero-order valence-electron chi connectivity index (χ0n) is 9.82. The molecule has 0 radical (unpaired) electrons. The minimum Gasteiger partial charge on any atom is -0.366 e. The fourth-order valence-electron chi connectivity index (χ4n) is 1.30. The number of anilines is 1. The van der Waals surface area contributed by atoms with Crippen molar-refractivity contribution >= 4 is 28.9 Å². The van der Waals surface area contributed by atoms with E-state index in [0.717, 1.165) is 25.1 Å². The van der Waals surface area contributed by atoms with E-state index in [0.29, 0.717) is 10.7 Å². The molecule has 0 aliphatic rings. The van der Waals surface area contributed by atoms with E-state index in [1.54, 1.807) is 18.2 Å². The monoisotopic (exact) mass is 251 g/mol. The summed E-state index contributed by atoms with van der Waals surface area (Å²) in [5.74, 6) is -0.446. The molecule has 4 nitrogen and oxygen atoms in total. The zero-order chi connectivity index (χ0) is 12.7. The van der Waals surface area contributed by atoms with Gasteiger partial charge in [0.05, 0.1) is 0 Å². The van der Waals surface area contributed by atoms with Crippen LogP contribution in [0.15, 0.2) is 24.3 Å². The third-order valence-corrected chi connectivity index (χ3v) is 2.47. The number of carbonyl (C=O) groups excluding carboxylic acids is 1. The lowest BCUT2D eigenvalue weighted by molar-refractivity contribution is 0.100. The maximum atomic E-state index is 11.0. The summed E-state index contributed by atoms with van der Waals surface area (Å²) in [5, 5.41) is 6.65. The van der Waals surface area contributed by atoms with E-state index < -0.39 is 5.91 Å². The predicted octanol–water partition coefficient (Wildman–Crippen LogP) is 1.87. The van der Waals surface area contributed by atoms with E-state index in [2.05, 4.69) is 17.6 Å². The average Bonchev–Trinajstić information content (AvgIpc) is 2.29.